The molecule has 0 aromatic heterocycles. The van der Waals surface area contributed by atoms with Crippen LogP contribution in [0.1, 0.15) is 20.8 Å². The lowest BCUT2D eigenvalue weighted by atomic mass is 10.2. The number of nitrogens with zero attached hydrogens (tertiary/aromatic N) is 1. The van der Waals surface area contributed by atoms with Crippen molar-refractivity contribution in [3.63, 3.8) is 0 Å². The van der Waals surface area contributed by atoms with E-state index in [0.717, 1.165) is 24.3 Å². The molecule has 9 heteroatoms. The SMILES string of the molecule is CC(C)COC(=O)C(C)OS(=O)(=O)c1ccc([N+](=O)[O-])cc1. The molecule has 122 valence electrons. The molecule has 1 atom stereocenters. The van der Waals surface area contributed by atoms with Gasteiger partial charge in [0.05, 0.1) is 16.4 Å². The van der Waals surface area contributed by atoms with Crippen LogP contribution in [0, 0.1) is 16.0 Å². The molecule has 1 aromatic rings. The number of hydrogen-bond acceptors (Lipinski definition) is 7. The zero-order valence-electron chi connectivity index (χ0n) is 12.4. The van der Waals surface area contributed by atoms with Crippen molar-refractivity contribution in [2.75, 3.05) is 6.61 Å². The highest BCUT2D eigenvalue weighted by atomic mass is 32.2. The van der Waals surface area contributed by atoms with Gasteiger partial charge in [0, 0.05) is 12.1 Å². The molecule has 0 bridgehead atoms. The topological polar surface area (TPSA) is 113 Å². The number of carbonyl (C=O) groups excluding carboxylic acids is 1. The first-order valence-corrected chi connectivity index (χ1v) is 7.88. The van der Waals surface area contributed by atoms with Crippen molar-refractivity contribution in [2.24, 2.45) is 5.92 Å². The summed E-state index contributed by atoms with van der Waals surface area (Å²) in [5, 5.41) is 10.5. The molecule has 1 unspecified atom stereocenters. The van der Waals surface area contributed by atoms with Crippen molar-refractivity contribution in [1.29, 1.82) is 0 Å². The molecule has 1 aromatic carbocycles. The Balaban J connectivity index is 2.78. The Kier molecular flexibility index (Phi) is 6.01. The van der Waals surface area contributed by atoms with Crippen LogP contribution in [0.5, 0.6) is 0 Å². The van der Waals surface area contributed by atoms with Crippen LogP contribution in [-0.2, 0) is 23.8 Å². The van der Waals surface area contributed by atoms with E-state index in [9.17, 15) is 23.3 Å². The molecule has 0 radical (unpaired) electrons. The Morgan fingerprint density at radius 2 is 1.77 bits per heavy atom. The van der Waals surface area contributed by atoms with Gasteiger partial charge in [-0.1, -0.05) is 13.8 Å². The summed E-state index contributed by atoms with van der Waals surface area (Å²) in [7, 11) is -4.21. The standard InChI is InChI=1S/C13H17NO7S/c1-9(2)8-20-13(15)10(3)21-22(18,19)12-6-4-11(5-7-12)14(16)17/h4-7,9-10H,8H2,1-3H3. The van der Waals surface area contributed by atoms with Crippen molar-refractivity contribution in [3.05, 3.63) is 34.4 Å². The summed E-state index contributed by atoms with van der Waals surface area (Å²) in [6.45, 7) is 5.09. The second-order valence-electron chi connectivity index (χ2n) is 4.97. The molecule has 0 amide bonds. The summed E-state index contributed by atoms with van der Waals surface area (Å²) in [5.41, 5.74) is -0.247. The smallest absolute Gasteiger partial charge is 0.336 e. The number of non-ortho nitro benzene ring substituents is 1. The minimum atomic E-state index is -4.21. The minimum Gasteiger partial charge on any atom is -0.463 e. The molecule has 0 aliphatic carbocycles. The van der Waals surface area contributed by atoms with E-state index in [0.29, 0.717) is 0 Å². The van der Waals surface area contributed by atoms with E-state index >= 15 is 0 Å². The van der Waals surface area contributed by atoms with Crippen LogP contribution in [0.4, 0.5) is 5.69 Å². The molecule has 0 heterocycles. The van der Waals surface area contributed by atoms with E-state index in [2.05, 4.69) is 0 Å². The zero-order chi connectivity index (χ0) is 16.9. The second kappa shape index (κ2) is 7.32. The fourth-order valence-corrected chi connectivity index (χ4v) is 2.42. The maximum Gasteiger partial charge on any atom is 0.336 e. The highest BCUT2D eigenvalue weighted by Crippen LogP contribution is 2.19. The molecule has 0 saturated carbocycles. The predicted molar refractivity (Wildman–Crippen MR) is 76.6 cm³/mol. The molecular formula is C13H17NO7S. The molecule has 1 rings (SSSR count). The van der Waals surface area contributed by atoms with E-state index in [4.69, 9.17) is 8.92 Å². The average molecular weight is 331 g/mol. The van der Waals surface area contributed by atoms with Gasteiger partial charge in [-0.15, -0.1) is 0 Å². The van der Waals surface area contributed by atoms with E-state index < -0.39 is 27.1 Å². The quantitative estimate of drug-likeness (QED) is 0.324. The van der Waals surface area contributed by atoms with E-state index in [-0.39, 0.29) is 23.1 Å². The van der Waals surface area contributed by atoms with Gasteiger partial charge in [0.15, 0.2) is 6.10 Å². The number of ether oxygens (including phenoxy) is 1. The third kappa shape index (κ3) is 5.08. The highest BCUT2D eigenvalue weighted by molar-refractivity contribution is 7.86. The number of nitro benzene ring substituents is 1. The summed E-state index contributed by atoms with van der Waals surface area (Å²) < 4.78 is 33.6. The van der Waals surface area contributed by atoms with Gasteiger partial charge in [0.25, 0.3) is 15.8 Å². The Hall–Kier alpha value is -2.00. The fourth-order valence-electron chi connectivity index (χ4n) is 1.39. The van der Waals surface area contributed by atoms with Crippen molar-refractivity contribution in [2.45, 2.75) is 31.8 Å². The van der Waals surface area contributed by atoms with Crippen molar-refractivity contribution in [1.82, 2.24) is 0 Å². The first-order chi connectivity index (χ1) is 10.1. The monoisotopic (exact) mass is 331 g/mol. The van der Waals surface area contributed by atoms with Crippen molar-refractivity contribution >= 4 is 21.8 Å². The number of benzene rings is 1. The lowest BCUT2D eigenvalue weighted by Crippen LogP contribution is -2.27. The third-order valence-corrected chi connectivity index (χ3v) is 3.89. The molecule has 0 spiro atoms. The molecule has 0 aliphatic heterocycles. The molecular weight excluding hydrogens is 314 g/mol. The van der Waals surface area contributed by atoms with Crippen LogP contribution in [0.15, 0.2) is 29.2 Å². The minimum absolute atomic E-state index is 0.113. The number of nitro groups is 1. The third-order valence-electron chi connectivity index (χ3n) is 2.50. The molecule has 8 nitrogen and oxygen atoms in total. The van der Waals surface area contributed by atoms with Gasteiger partial charge in [-0.3, -0.25) is 14.3 Å². The lowest BCUT2D eigenvalue weighted by molar-refractivity contribution is -0.384. The Bertz CT molecular complexity index is 637. The van der Waals surface area contributed by atoms with Gasteiger partial charge in [0.1, 0.15) is 0 Å². The van der Waals surface area contributed by atoms with Crippen LogP contribution in [-0.4, -0.2) is 32.0 Å². The number of carbonyl (C=O) groups is 1. The van der Waals surface area contributed by atoms with Crippen LogP contribution >= 0.6 is 0 Å². The molecule has 0 fully saturated rings. The predicted octanol–water partition coefficient (Wildman–Crippen LogP) is 1.89. The first kappa shape index (κ1) is 18.1. The normalized spacial score (nSPS) is 12.9. The highest BCUT2D eigenvalue weighted by Gasteiger charge is 2.25. The molecule has 0 saturated heterocycles. The van der Waals surface area contributed by atoms with Crippen LogP contribution in [0.3, 0.4) is 0 Å². The Morgan fingerprint density at radius 1 is 1.23 bits per heavy atom. The fraction of sp³-hybridized carbons (Fsp3) is 0.462. The summed E-state index contributed by atoms with van der Waals surface area (Å²) in [6.07, 6.45) is -1.31. The summed E-state index contributed by atoms with van der Waals surface area (Å²) >= 11 is 0. The zero-order valence-corrected chi connectivity index (χ0v) is 13.2. The van der Waals surface area contributed by atoms with Gasteiger partial charge in [-0.25, -0.2) is 4.79 Å². The lowest BCUT2D eigenvalue weighted by Gasteiger charge is -2.13. The van der Waals surface area contributed by atoms with Gasteiger partial charge < -0.3 is 4.74 Å². The molecule has 0 aliphatic rings. The van der Waals surface area contributed by atoms with E-state index in [1.807, 2.05) is 13.8 Å². The summed E-state index contributed by atoms with van der Waals surface area (Å²) in [5.74, 6) is -0.679. The second-order valence-corrected chi connectivity index (χ2v) is 6.54. The van der Waals surface area contributed by atoms with Crippen molar-refractivity contribution in [3.8, 4) is 0 Å². The van der Waals surface area contributed by atoms with Gasteiger partial charge >= 0.3 is 5.97 Å². The van der Waals surface area contributed by atoms with Crippen molar-refractivity contribution < 1.29 is 27.1 Å². The van der Waals surface area contributed by atoms with Gasteiger partial charge in [-0.2, -0.15) is 8.42 Å². The number of hydrogen-bond donors (Lipinski definition) is 0. The molecule has 22 heavy (non-hydrogen) atoms. The average Bonchev–Trinajstić information content (AvgIpc) is 2.44. The first-order valence-electron chi connectivity index (χ1n) is 6.48. The van der Waals surface area contributed by atoms with Crippen LogP contribution in [0.2, 0.25) is 0 Å². The van der Waals surface area contributed by atoms with Crippen LogP contribution in [0.25, 0.3) is 0 Å². The Labute approximate surface area is 128 Å². The Morgan fingerprint density at radius 3 is 2.23 bits per heavy atom. The summed E-state index contributed by atoms with van der Waals surface area (Å²) in [4.78, 5) is 21.2. The number of rotatable bonds is 7. The van der Waals surface area contributed by atoms with E-state index in [1.54, 1.807) is 0 Å². The van der Waals surface area contributed by atoms with E-state index in [1.165, 1.54) is 6.92 Å². The number of esters is 1. The maximum absolute atomic E-state index is 12.0. The largest absolute Gasteiger partial charge is 0.463 e. The van der Waals surface area contributed by atoms with Crippen LogP contribution < -0.4 is 0 Å². The van der Waals surface area contributed by atoms with Gasteiger partial charge in [0.2, 0.25) is 0 Å². The maximum atomic E-state index is 12.0. The van der Waals surface area contributed by atoms with Gasteiger partial charge in [-0.05, 0) is 25.0 Å². The summed E-state index contributed by atoms with van der Waals surface area (Å²) in [6, 6.07) is 4.16. The molecule has 0 N–H and O–H groups in total.